The molecule has 9 heteroatoms. The Bertz CT molecular complexity index is 965. The second-order valence-corrected chi connectivity index (χ2v) is 8.35. The van der Waals surface area contributed by atoms with Gasteiger partial charge < -0.3 is 5.32 Å². The Kier molecular flexibility index (Phi) is 6.84. The van der Waals surface area contributed by atoms with E-state index in [0.717, 1.165) is 18.2 Å². The molecule has 2 aromatic rings. The standard InChI is InChI=1S/C19H21F3N2O3S/c1-11(2)18(24-28(26,27)17-7-5-4-6-15(17)21)19(25)23-12(3)14-9-8-13(20)10-16(14)22/h4-12,18,24H,1-3H3,(H,23,25). The number of hydrogen-bond donors (Lipinski definition) is 2. The van der Waals surface area contributed by atoms with Crippen LogP contribution in [0.15, 0.2) is 47.4 Å². The molecule has 0 saturated carbocycles. The summed E-state index contributed by atoms with van der Waals surface area (Å²) in [6.45, 7) is 4.70. The summed E-state index contributed by atoms with van der Waals surface area (Å²) in [7, 11) is -4.30. The average molecular weight is 414 g/mol. The molecule has 152 valence electrons. The predicted octanol–water partition coefficient (Wildman–Crippen LogP) is 3.28. The van der Waals surface area contributed by atoms with Gasteiger partial charge in [-0.1, -0.05) is 32.0 Å². The fourth-order valence-electron chi connectivity index (χ4n) is 2.62. The van der Waals surface area contributed by atoms with Crippen molar-refractivity contribution < 1.29 is 26.4 Å². The fraction of sp³-hybridized carbons (Fsp3) is 0.316. The topological polar surface area (TPSA) is 75.3 Å². The molecule has 1 amide bonds. The van der Waals surface area contributed by atoms with Gasteiger partial charge in [0, 0.05) is 11.6 Å². The highest BCUT2D eigenvalue weighted by Gasteiger charge is 2.30. The second kappa shape index (κ2) is 8.74. The van der Waals surface area contributed by atoms with Gasteiger partial charge >= 0.3 is 0 Å². The minimum Gasteiger partial charge on any atom is -0.348 e. The molecule has 2 aromatic carbocycles. The van der Waals surface area contributed by atoms with Crippen molar-refractivity contribution in [1.82, 2.24) is 10.0 Å². The zero-order chi connectivity index (χ0) is 21.1. The number of amides is 1. The van der Waals surface area contributed by atoms with Crippen LogP contribution in [0, 0.1) is 23.4 Å². The number of halogens is 3. The first-order chi connectivity index (χ1) is 13.0. The molecule has 0 aliphatic rings. The lowest BCUT2D eigenvalue weighted by Crippen LogP contribution is -2.50. The summed E-state index contributed by atoms with van der Waals surface area (Å²) < 4.78 is 68.0. The summed E-state index contributed by atoms with van der Waals surface area (Å²) in [5, 5.41) is 2.50. The molecule has 0 bridgehead atoms. The first kappa shape index (κ1) is 21.9. The van der Waals surface area contributed by atoms with Crippen LogP contribution in [-0.2, 0) is 14.8 Å². The quantitative estimate of drug-likeness (QED) is 0.730. The van der Waals surface area contributed by atoms with E-state index in [1.54, 1.807) is 13.8 Å². The van der Waals surface area contributed by atoms with E-state index in [0.29, 0.717) is 6.07 Å². The SMILES string of the molecule is CC(NC(=O)C(NS(=O)(=O)c1ccccc1F)C(C)C)c1ccc(F)cc1F. The van der Waals surface area contributed by atoms with E-state index in [4.69, 9.17) is 0 Å². The molecular formula is C19H21F3N2O3S. The van der Waals surface area contributed by atoms with Crippen molar-refractivity contribution in [2.24, 2.45) is 5.92 Å². The Hall–Kier alpha value is -2.39. The minimum atomic E-state index is -4.30. The summed E-state index contributed by atoms with van der Waals surface area (Å²) in [4.78, 5) is 12.0. The number of rotatable bonds is 7. The highest BCUT2D eigenvalue weighted by Crippen LogP contribution is 2.19. The Labute approximate surface area is 162 Å². The number of hydrogen-bond acceptors (Lipinski definition) is 3. The van der Waals surface area contributed by atoms with Crippen LogP contribution in [0.5, 0.6) is 0 Å². The lowest BCUT2D eigenvalue weighted by Gasteiger charge is -2.24. The van der Waals surface area contributed by atoms with E-state index in [2.05, 4.69) is 10.0 Å². The summed E-state index contributed by atoms with van der Waals surface area (Å²) >= 11 is 0. The van der Waals surface area contributed by atoms with E-state index < -0.39 is 56.3 Å². The Morgan fingerprint density at radius 1 is 0.964 bits per heavy atom. The molecule has 2 unspecified atom stereocenters. The van der Waals surface area contributed by atoms with Crippen molar-refractivity contribution in [2.45, 2.75) is 37.8 Å². The molecule has 0 radical (unpaired) electrons. The van der Waals surface area contributed by atoms with Crippen LogP contribution in [0.2, 0.25) is 0 Å². The molecule has 0 aliphatic heterocycles. The van der Waals surface area contributed by atoms with Gasteiger partial charge in [-0.2, -0.15) is 4.72 Å². The van der Waals surface area contributed by atoms with E-state index in [1.165, 1.54) is 25.1 Å². The summed E-state index contributed by atoms with van der Waals surface area (Å²) in [5.41, 5.74) is 0.0502. The Balaban J connectivity index is 2.21. The minimum absolute atomic E-state index is 0.0502. The van der Waals surface area contributed by atoms with E-state index in [1.807, 2.05) is 0 Å². The molecule has 5 nitrogen and oxygen atoms in total. The third-order valence-electron chi connectivity index (χ3n) is 4.15. The van der Waals surface area contributed by atoms with Crippen molar-refractivity contribution in [3.63, 3.8) is 0 Å². The van der Waals surface area contributed by atoms with Crippen molar-refractivity contribution in [1.29, 1.82) is 0 Å². The second-order valence-electron chi connectivity index (χ2n) is 6.67. The van der Waals surface area contributed by atoms with Crippen LogP contribution in [-0.4, -0.2) is 20.4 Å². The molecule has 28 heavy (non-hydrogen) atoms. The van der Waals surface area contributed by atoms with Gasteiger partial charge in [0.1, 0.15) is 28.4 Å². The molecule has 0 fully saturated rings. The van der Waals surface area contributed by atoms with Crippen molar-refractivity contribution in [3.05, 3.63) is 65.5 Å². The summed E-state index contributed by atoms with van der Waals surface area (Å²) in [5.74, 6) is -3.73. The van der Waals surface area contributed by atoms with Crippen LogP contribution in [0.3, 0.4) is 0 Å². The first-order valence-corrected chi connectivity index (χ1v) is 10.0. The first-order valence-electron chi connectivity index (χ1n) is 8.55. The van der Waals surface area contributed by atoms with Crippen molar-refractivity contribution >= 4 is 15.9 Å². The molecular weight excluding hydrogens is 393 g/mol. The lowest BCUT2D eigenvalue weighted by molar-refractivity contribution is -0.124. The summed E-state index contributed by atoms with van der Waals surface area (Å²) in [6.07, 6.45) is 0. The van der Waals surface area contributed by atoms with E-state index >= 15 is 0 Å². The zero-order valence-electron chi connectivity index (χ0n) is 15.5. The summed E-state index contributed by atoms with van der Waals surface area (Å²) in [6, 6.07) is 5.68. The molecule has 2 rings (SSSR count). The highest BCUT2D eigenvalue weighted by atomic mass is 32.2. The van der Waals surface area contributed by atoms with Gasteiger partial charge in [0.25, 0.3) is 0 Å². The molecule has 0 heterocycles. The normalized spacial score (nSPS) is 14.0. The molecule has 0 aliphatic carbocycles. The number of carbonyl (C=O) groups is 1. The smallest absolute Gasteiger partial charge is 0.244 e. The van der Waals surface area contributed by atoms with Gasteiger partial charge in [0.15, 0.2) is 0 Å². The van der Waals surface area contributed by atoms with Crippen molar-refractivity contribution in [2.75, 3.05) is 0 Å². The predicted molar refractivity (Wildman–Crippen MR) is 98.3 cm³/mol. The van der Waals surface area contributed by atoms with Gasteiger partial charge in [-0.15, -0.1) is 0 Å². The maximum atomic E-state index is 13.9. The van der Waals surface area contributed by atoms with E-state index in [9.17, 15) is 26.4 Å². The molecule has 2 N–H and O–H groups in total. The lowest BCUT2D eigenvalue weighted by atomic mass is 10.0. The van der Waals surface area contributed by atoms with Crippen LogP contribution in [0.25, 0.3) is 0 Å². The monoisotopic (exact) mass is 414 g/mol. The average Bonchev–Trinajstić information content (AvgIpc) is 2.59. The number of sulfonamides is 1. The molecule has 0 saturated heterocycles. The largest absolute Gasteiger partial charge is 0.348 e. The highest BCUT2D eigenvalue weighted by molar-refractivity contribution is 7.89. The zero-order valence-corrected chi connectivity index (χ0v) is 16.4. The van der Waals surface area contributed by atoms with E-state index in [-0.39, 0.29) is 5.56 Å². The maximum absolute atomic E-state index is 13.9. The van der Waals surface area contributed by atoms with Gasteiger partial charge in [-0.3, -0.25) is 4.79 Å². The Morgan fingerprint density at radius 3 is 2.18 bits per heavy atom. The van der Waals surface area contributed by atoms with Crippen LogP contribution in [0.4, 0.5) is 13.2 Å². The number of nitrogens with one attached hydrogen (secondary N) is 2. The third kappa shape index (κ3) is 5.11. The van der Waals surface area contributed by atoms with Crippen molar-refractivity contribution in [3.8, 4) is 0 Å². The van der Waals surface area contributed by atoms with Gasteiger partial charge in [0.05, 0.1) is 6.04 Å². The van der Waals surface area contributed by atoms with Gasteiger partial charge in [0.2, 0.25) is 15.9 Å². The van der Waals surface area contributed by atoms with Gasteiger partial charge in [-0.25, -0.2) is 21.6 Å². The molecule has 0 spiro atoms. The number of benzene rings is 2. The molecule has 0 aromatic heterocycles. The van der Waals surface area contributed by atoms with Crippen LogP contribution in [0.1, 0.15) is 32.4 Å². The third-order valence-corrected chi connectivity index (χ3v) is 5.62. The maximum Gasteiger partial charge on any atom is 0.244 e. The Morgan fingerprint density at radius 2 is 1.61 bits per heavy atom. The van der Waals surface area contributed by atoms with Crippen LogP contribution < -0.4 is 10.0 Å². The van der Waals surface area contributed by atoms with Crippen LogP contribution >= 0.6 is 0 Å². The number of carbonyl (C=O) groups excluding carboxylic acids is 1. The van der Waals surface area contributed by atoms with Gasteiger partial charge in [-0.05, 0) is 31.0 Å². The fourth-order valence-corrected chi connectivity index (χ4v) is 4.04. The molecule has 2 atom stereocenters.